The lowest BCUT2D eigenvalue weighted by molar-refractivity contribution is 0.245. The van der Waals surface area contributed by atoms with Crippen molar-refractivity contribution < 1.29 is 4.79 Å². The van der Waals surface area contributed by atoms with E-state index in [1.165, 1.54) is 0 Å². The lowest BCUT2D eigenvalue weighted by atomic mass is 10.3. The number of benzene rings is 1. The zero-order valence-corrected chi connectivity index (χ0v) is 8.68. The van der Waals surface area contributed by atoms with Crippen LogP contribution in [0.2, 0.25) is 0 Å². The summed E-state index contributed by atoms with van der Waals surface area (Å²) in [4.78, 5) is 10.8. The largest absolute Gasteiger partial charge is 0.340 e. The minimum atomic E-state index is -0.275. The molecule has 70 valence electrons. The number of carbonyl (C=O) groups excluding carboxylic acids is 1. The first kappa shape index (κ1) is 9.85. The number of hydrogen-bond acceptors (Lipinski definition) is 2. The van der Waals surface area contributed by atoms with Gasteiger partial charge in [0.2, 0.25) is 0 Å². The van der Waals surface area contributed by atoms with Gasteiger partial charge >= 0.3 is 6.03 Å². The Balaban J connectivity index is 2.46. The first-order chi connectivity index (χ1) is 6.22. The molecule has 0 fully saturated rings. The van der Waals surface area contributed by atoms with Gasteiger partial charge in [0.15, 0.2) is 0 Å². The van der Waals surface area contributed by atoms with Gasteiger partial charge in [-0.05, 0) is 24.3 Å². The van der Waals surface area contributed by atoms with Gasteiger partial charge in [-0.25, -0.2) is 4.79 Å². The van der Waals surface area contributed by atoms with E-state index in [1.807, 2.05) is 24.3 Å². The molecule has 0 aliphatic rings. The van der Waals surface area contributed by atoms with Crippen molar-refractivity contribution in [3.05, 3.63) is 28.7 Å². The van der Waals surface area contributed by atoms with Gasteiger partial charge in [-0.3, -0.25) is 10.9 Å². The highest BCUT2D eigenvalue weighted by molar-refractivity contribution is 9.10. The average molecular weight is 244 g/mol. The predicted octanol–water partition coefficient (Wildman–Crippen LogP) is 1.70. The van der Waals surface area contributed by atoms with Crippen LogP contribution < -0.4 is 16.2 Å². The summed E-state index contributed by atoms with van der Waals surface area (Å²) in [6.07, 6.45) is 0. The highest BCUT2D eigenvalue weighted by Gasteiger charge is 1.94. The molecule has 1 aromatic carbocycles. The van der Waals surface area contributed by atoms with Crippen LogP contribution in [-0.4, -0.2) is 13.1 Å². The summed E-state index contributed by atoms with van der Waals surface area (Å²) in [6.45, 7) is 0. The first-order valence-electron chi connectivity index (χ1n) is 3.71. The minimum absolute atomic E-state index is 0.275. The Hall–Kier alpha value is -1.23. The van der Waals surface area contributed by atoms with Crippen LogP contribution in [0.3, 0.4) is 0 Å². The van der Waals surface area contributed by atoms with Gasteiger partial charge in [0.1, 0.15) is 0 Å². The molecule has 0 aliphatic carbocycles. The maximum absolute atomic E-state index is 10.8. The molecule has 0 aromatic heterocycles. The normalized spacial score (nSPS) is 9.08. The number of nitrogens with one attached hydrogen (secondary N) is 3. The molecule has 2 amide bonds. The molecule has 13 heavy (non-hydrogen) atoms. The fraction of sp³-hybridized carbons (Fsp3) is 0.125. The van der Waals surface area contributed by atoms with E-state index in [9.17, 15) is 4.79 Å². The van der Waals surface area contributed by atoms with E-state index in [0.717, 1.165) is 10.2 Å². The van der Waals surface area contributed by atoms with Crippen LogP contribution in [0.1, 0.15) is 0 Å². The Kier molecular flexibility index (Phi) is 3.57. The number of hydrazine groups is 1. The van der Waals surface area contributed by atoms with Crippen molar-refractivity contribution in [1.29, 1.82) is 0 Å². The average Bonchev–Trinajstić information content (AvgIpc) is 2.16. The SMILES string of the molecule is CNC(=O)NNc1ccc(Br)cc1. The molecule has 0 unspecified atom stereocenters. The molecule has 0 bridgehead atoms. The van der Waals surface area contributed by atoms with Gasteiger partial charge in [-0.15, -0.1) is 0 Å². The van der Waals surface area contributed by atoms with Gasteiger partial charge in [0, 0.05) is 11.5 Å². The van der Waals surface area contributed by atoms with E-state index < -0.39 is 0 Å². The fourth-order valence-corrected chi connectivity index (χ4v) is 0.989. The molecule has 0 saturated carbocycles. The van der Waals surface area contributed by atoms with Crippen LogP contribution in [0.25, 0.3) is 0 Å². The summed E-state index contributed by atoms with van der Waals surface area (Å²) >= 11 is 3.31. The van der Waals surface area contributed by atoms with Gasteiger partial charge in [0.05, 0.1) is 5.69 Å². The number of rotatable bonds is 2. The van der Waals surface area contributed by atoms with Crippen LogP contribution in [0.4, 0.5) is 10.5 Å². The molecule has 5 heteroatoms. The molecule has 0 aliphatic heterocycles. The summed E-state index contributed by atoms with van der Waals surface area (Å²) in [6, 6.07) is 7.19. The van der Waals surface area contributed by atoms with Gasteiger partial charge in [0.25, 0.3) is 0 Å². The highest BCUT2D eigenvalue weighted by atomic mass is 79.9. The summed E-state index contributed by atoms with van der Waals surface area (Å²) in [5.41, 5.74) is 6.02. The second kappa shape index (κ2) is 4.71. The summed E-state index contributed by atoms with van der Waals surface area (Å²) < 4.78 is 0.998. The Morgan fingerprint density at radius 3 is 2.46 bits per heavy atom. The van der Waals surface area contributed by atoms with Gasteiger partial charge in [-0.2, -0.15) is 0 Å². The Morgan fingerprint density at radius 2 is 1.92 bits per heavy atom. The highest BCUT2D eigenvalue weighted by Crippen LogP contribution is 2.12. The Bertz CT molecular complexity index is 286. The van der Waals surface area contributed by atoms with Crippen LogP contribution in [0.5, 0.6) is 0 Å². The smallest absolute Gasteiger partial charge is 0.333 e. The van der Waals surface area contributed by atoms with Crippen molar-refractivity contribution >= 4 is 27.6 Å². The van der Waals surface area contributed by atoms with E-state index >= 15 is 0 Å². The lowest BCUT2D eigenvalue weighted by Crippen LogP contribution is -2.36. The number of halogens is 1. The van der Waals surface area contributed by atoms with E-state index in [4.69, 9.17) is 0 Å². The number of hydrogen-bond donors (Lipinski definition) is 3. The molecule has 0 heterocycles. The maximum Gasteiger partial charge on any atom is 0.333 e. The second-order valence-electron chi connectivity index (χ2n) is 2.34. The number of anilines is 1. The van der Waals surface area contributed by atoms with E-state index in [1.54, 1.807) is 7.05 Å². The third-order valence-electron chi connectivity index (χ3n) is 1.39. The number of urea groups is 1. The predicted molar refractivity (Wildman–Crippen MR) is 55.4 cm³/mol. The molecule has 0 radical (unpaired) electrons. The topological polar surface area (TPSA) is 53.2 Å². The molecule has 4 nitrogen and oxygen atoms in total. The van der Waals surface area contributed by atoms with E-state index in [2.05, 4.69) is 32.1 Å². The third-order valence-corrected chi connectivity index (χ3v) is 1.92. The quantitative estimate of drug-likeness (QED) is 0.693. The summed E-state index contributed by atoms with van der Waals surface area (Å²) in [7, 11) is 1.55. The monoisotopic (exact) mass is 243 g/mol. The van der Waals surface area contributed by atoms with Crippen molar-refractivity contribution in [2.75, 3.05) is 12.5 Å². The van der Waals surface area contributed by atoms with Crippen LogP contribution in [0.15, 0.2) is 28.7 Å². The van der Waals surface area contributed by atoms with Crippen LogP contribution >= 0.6 is 15.9 Å². The zero-order valence-electron chi connectivity index (χ0n) is 7.10. The summed E-state index contributed by atoms with van der Waals surface area (Å²) in [5.74, 6) is 0. The number of amides is 2. The fourth-order valence-electron chi connectivity index (χ4n) is 0.725. The van der Waals surface area contributed by atoms with E-state index in [-0.39, 0.29) is 6.03 Å². The standard InChI is InChI=1S/C8H10BrN3O/c1-10-8(13)12-11-7-4-2-6(9)3-5-7/h2-5,11H,1H3,(H2,10,12,13). The van der Waals surface area contributed by atoms with Crippen LogP contribution in [0, 0.1) is 0 Å². The molecule has 0 atom stereocenters. The third kappa shape index (κ3) is 3.33. The van der Waals surface area contributed by atoms with Crippen molar-refractivity contribution in [3.63, 3.8) is 0 Å². The molecular formula is C8H10BrN3O. The number of carbonyl (C=O) groups is 1. The maximum atomic E-state index is 10.8. The molecule has 0 saturated heterocycles. The van der Waals surface area contributed by atoms with Gasteiger partial charge in [-0.1, -0.05) is 15.9 Å². The van der Waals surface area contributed by atoms with Gasteiger partial charge < -0.3 is 5.32 Å². The van der Waals surface area contributed by atoms with Crippen molar-refractivity contribution in [3.8, 4) is 0 Å². The molecular weight excluding hydrogens is 234 g/mol. The minimum Gasteiger partial charge on any atom is -0.340 e. The van der Waals surface area contributed by atoms with Crippen molar-refractivity contribution in [2.24, 2.45) is 0 Å². The molecule has 3 N–H and O–H groups in total. The zero-order chi connectivity index (χ0) is 9.68. The lowest BCUT2D eigenvalue weighted by Gasteiger charge is -2.07. The van der Waals surface area contributed by atoms with Crippen LogP contribution in [-0.2, 0) is 0 Å². The van der Waals surface area contributed by atoms with Crippen molar-refractivity contribution in [2.45, 2.75) is 0 Å². The molecule has 1 aromatic rings. The molecule has 0 spiro atoms. The molecule has 1 rings (SSSR count). The second-order valence-corrected chi connectivity index (χ2v) is 3.25. The van der Waals surface area contributed by atoms with Crippen molar-refractivity contribution in [1.82, 2.24) is 10.7 Å². The summed E-state index contributed by atoms with van der Waals surface area (Å²) in [5, 5.41) is 2.42. The Morgan fingerprint density at radius 1 is 1.31 bits per heavy atom. The van der Waals surface area contributed by atoms with E-state index in [0.29, 0.717) is 0 Å². The Labute approximate surface area is 84.8 Å². The first-order valence-corrected chi connectivity index (χ1v) is 4.51.